The maximum atomic E-state index is 13.2. The Morgan fingerprint density at radius 1 is 1.10 bits per heavy atom. The Morgan fingerprint density at radius 2 is 1.83 bits per heavy atom. The van der Waals surface area contributed by atoms with E-state index in [4.69, 9.17) is 4.42 Å². The second-order valence-electron chi connectivity index (χ2n) is 6.62. The van der Waals surface area contributed by atoms with E-state index in [1.807, 2.05) is 19.1 Å². The number of thiophene rings is 1. The molecule has 29 heavy (non-hydrogen) atoms. The lowest BCUT2D eigenvalue weighted by atomic mass is 10.2. The molecule has 0 unspecified atom stereocenters. The van der Waals surface area contributed by atoms with Crippen molar-refractivity contribution in [3.63, 3.8) is 0 Å². The van der Waals surface area contributed by atoms with Crippen molar-refractivity contribution < 1.29 is 17.6 Å². The van der Waals surface area contributed by atoms with Crippen molar-refractivity contribution in [2.45, 2.75) is 24.9 Å². The van der Waals surface area contributed by atoms with Gasteiger partial charge in [-0.25, -0.2) is 8.42 Å². The minimum absolute atomic E-state index is 0.0205. The SMILES string of the molecule is Cc1ccc(S(=O)(=O)N(CC(=O)N(C)Cc2ccc(Br)s2)Cc2ccco2)cc1. The fraction of sp³-hybridized carbons (Fsp3) is 0.250. The third-order valence-electron chi connectivity index (χ3n) is 4.33. The number of aryl methyl sites for hydroxylation is 1. The van der Waals surface area contributed by atoms with E-state index in [-0.39, 0.29) is 23.9 Å². The van der Waals surface area contributed by atoms with Gasteiger partial charge in [-0.1, -0.05) is 17.7 Å². The summed E-state index contributed by atoms with van der Waals surface area (Å²) >= 11 is 4.94. The van der Waals surface area contributed by atoms with Gasteiger partial charge in [0.15, 0.2) is 0 Å². The van der Waals surface area contributed by atoms with Gasteiger partial charge in [-0.3, -0.25) is 4.79 Å². The minimum atomic E-state index is -3.87. The van der Waals surface area contributed by atoms with Crippen molar-refractivity contribution in [1.29, 1.82) is 0 Å². The van der Waals surface area contributed by atoms with Gasteiger partial charge in [0.05, 0.1) is 34.6 Å². The summed E-state index contributed by atoms with van der Waals surface area (Å²) < 4.78 is 33.9. The first-order chi connectivity index (χ1) is 13.8. The number of halogens is 1. The summed E-state index contributed by atoms with van der Waals surface area (Å²) in [6.07, 6.45) is 1.48. The monoisotopic (exact) mass is 496 g/mol. The van der Waals surface area contributed by atoms with Gasteiger partial charge in [0.1, 0.15) is 5.76 Å². The summed E-state index contributed by atoms with van der Waals surface area (Å²) in [5.41, 5.74) is 0.958. The molecule has 0 aliphatic rings. The zero-order chi connectivity index (χ0) is 21.0. The number of hydrogen-bond acceptors (Lipinski definition) is 5. The van der Waals surface area contributed by atoms with Crippen molar-refractivity contribution in [2.24, 2.45) is 0 Å². The molecular weight excluding hydrogens is 476 g/mol. The predicted molar refractivity (Wildman–Crippen MR) is 116 cm³/mol. The quantitative estimate of drug-likeness (QED) is 0.466. The molecule has 0 fully saturated rings. The Kier molecular flexibility index (Phi) is 6.94. The maximum Gasteiger partial charge on any atom is 0.243 e. The molecule has 0 bridgehead atoms. The molecule has 0 radical (unpaired) electrons. The summed E-state index contributed by atoms with van der Waals surface area (Å²) in [6.45, 7) is 2.00. The number of likely N-dealkylation sites (N-methyl/N-ethyl adjacent to an activating group) is 1. The van der Waals surface area contributed by atoms with Gasteiger partial charge in [0.25, 0.3) is 0 Å². The van der Waals surface area contributed by atoms with Crippen LogP contribution < -0.4 is 0 Å². The number of rotatable bonds is 8. The van der Waals surface area contributed by atoms with Crippen molar-refractivity contribution in [2.75, 3.05) is 13.6 Å². The topological polar surface area (TPSA) is 70.8 Å². The molecule has 6 nitrogen and oxygen atoms in total. The van der Waals surface area contributed by atoms with E-state index >= 15 is 0 Å². The Labute approximate surface area is 182 Å². The molecule has 0 N–H and O–H groups in total. The van der Waals surface area contributed by atoms with Gasteiger partial charge in [0, 0.05) is 11.9 Å². The zero-order valence-corrected chi connectivity index (χ0v) is 19.3. The lowest BCUT2D eigenvalue weighted by Crippen LogP contribution is -2.40. The van der Waals surface area contributed by atoms with Crippen molar-refractivity contribution in [3.05, 3.63) is 74.8 Å². The molecule has 1 amide bonds. The highest BCUT2D eigenvalue weighted by molar-refractivity contribution is 9.11. The van der Waals surface area contributed by atoms with E-state index in [9.17, 15) is 13.2 Å². The summed E-state index contributed by atoms with van der Waals surface area (Å²) in [6, 6.07) is 13.8. The molecule has 2 heterocycles. The van der Waals surface area contributed by atoms with Crippen LogP contribution in [0.15, 0.2) is 67.9 Å². The first-order valence-corrected chi connectivity index (χ1v) is 11.9. The van der Waals surface area contributed by atoms with Crippen molar-refractivity contribution >= 4 is 43.2 Å². The second kappa shape index (κ2) is 9.25. The Hall–Kier alpha value is -1.94. The van der Waals surface area contributed by atoms with Crippen LogP contribution in [0, 0.1) is 6.92 Å². The molecule has 9 heteroatoms. The summed E-state index contributed by atoms with van der Waals surface area (Å²) in [7, 11) is -2.20. The number of carbonyl (C=O) groups is 1. The number of benzene rings is 1. The summed E-state index contributed by atoms with van der Waals surface area (Å²) in [5, 5.41) is 0. The van der Waals surface area contributed by atoms with Crippen LogP contribution in [0.3, 0.4) is 0 Å². The van der Waals surface area contributed by atoms with Crippen molar-refractivity contribution in [1.82, 2.24) is 9.21 Å². The van der Waals surface area contributed by atoms with E-state index in [2.05, 4.69) is 15.9 Å². The Balaban J connectivity index is 1.81. The third-order valence-corrected chi connectivity index (χ3v) is 7.74. The van der Waals surface area contributed by atoms with E-state index in [1.165, 1.54) is 22.5 Å². The van der Waals surface area contributed by atoms with Gasteiger partial charge in [0.2, 0.25) is 15.9 Å². The fourth-order valence-electron chi connectivity index (χ4n) is 2.69. The van der Waals surface area contributed by atoms with E-state index in [0.717, 1.165) is 18.5 Å². The molecule has 0 atom stereocenters. The lowest BCUT2D eigenvalue weighted by molar-refractivity contribution is -0.130. The standard InChI is InChI=1S/C20H21BrN2O4S2/c1-15-5-8-18(9-6-15)29(25,26)23(12-16-4-3-11-27-16)14-20(24)22(2)13-17-7-10-19(21)28-17/h3-11H,12-14H2,1-2H3. The molecule has 2 aromatic heterocycles. The number of carbonyl (C=O) groups excluding carboxylic acids is 1. The largest absolute Gasteiger partial charge is 0.468 e. The van der Waals surface area contributed by atoms with Crippen LogP contribution in [0.2, 0.25) is 0 Å². The van der Waals surface area contributed by atoms with Crippen LogP contribution in [0.5, 0.6) is 0 Å². The molecule has 1 aromatic carbocycles. The highest BCUT2D eigenvalue weighted by Gasteiger charge is 2.28. The molecule has 154 valence electrons. The molecule has 3 rings (SSSR count). The lowest BCUT2D eigenvalue weighted by Gasteiger charge is -2.24. The summed E-state index contributed by atoms with van der Waals surface area (Å²) in [4.78, 5) is 15.5. The van der Waals surface area contributed by atoms with Crippen LogP contribution in [-0.4, -0.2) is 37.1 Å². The molecule has 0 saturated heterocycles. The second-order valence-corrected chi connectivity index (χ2v) is 11.1. The fourth-order valence-corrected chi connectivity index (χ4v) is 5.58. The number of nitrogens with zero attached hydrogens (tertiary/aromatic N) is 2. The van der Waals surface area contributed by atoms with Crippen LogP contribution in [0.25, 0.3) is 0 Å². The van der Waals surface area contributed by atoms with Gasteiger partial charge in [-0.05, 0) is 59.3 Å². The summed E-state index contributed by atoms with van der Waals surface area (Å²) in [5.74, 6) is 0.176. The zero-order valence-electron chi connectivity index (χ0n) is 16.0. The molecule has 0 spiro atoms. The van der Waals surface area contributed by atoms with Gasteiger partial charge < -0.3 is 9.32 Å². The van der Waals surface area contributed by atoms with Gasteiger partial charge in [-0.2, -0.15) is 4.31 Å². The number of hydrogen-bond donors (Lipinski definition) is 0. The highest BCUT2D eigenvalue weighted by atomic mass is 79.9. The molecule has 3 aromatic rings. The van der Waals surface area contributed by atoms with E-state index in [1.54, 1.807) is 43.4 Å². The average molecular weight is 497 g/mol. The smallest absolute Gasteiger partial charge is 0.243 e. The molecule has 0 aliphatic heterocycles. The van der Waals surface area contributed by atoms with E-state index in [0.29, 0.717) is 12.3 Å². The predicted octanol–water partition coefficient (Wildman–Crippen LogP) is 4.26. The van der Waals surface area contributed by atoms with Crippen LogP contribution in [0.1, 0.15) is 16.2 Å². The molecular formula is C20H21BrN2O4S2. The normalized spacial score (nSPS) is 11.7. The Bertz CT molecular complexity index is 1060. The average Bonchev–Trinajstić information content (AvgIpc) is 3.33. The van der Waals surface area contributed by atoms with Gasteiger partial charge in [-0.15, -0.1) is 11.3 Å². The molecule has 0 saturated carbocycles. The van der Waals surface area contributed by atoms with Crippen LogP contribution >= 0.6 is 27.3 Å². The number of furan rings is 1. The highest BCUT2D eigenvalue weighted by Crippen LogP contribution is 2.24. The first kappa shape index (κ1) is 21.8. The van der Waals surface area contributed by atoms with Crippen LogP contribution in [0.4, 0.5) is 0 Å². The minimum Gasteiger partial charge on any atom is -0.468 e. The third kappa shape index (κ3) is 5.57. The number of sulfonamides is 1. The Morgan fingerprint density at radius 3 is 2.41 bits per heavy atom. The first-order valence-electron chi connectivity index (χ1n) is 8.83. The maximum absolute atomic E-state index is 13.2. The van der Waals surface area contributed by atoms with Crippen LogP contribution in [-0.2, 0) is 27.9 Å². The van der Waals surface area contributed by atoms with E-state index < -0.39 is 10.0 Å². The number of amides is 1. The van der Waals surface area contributed by atoms with Crippen molar-refractivity contribution in [3.8, 4) is 0 Å². The van der Waals surface area contributed by atoms with Gasteiger partial charge >= 0.3 is 0 Å². The molecule has 0 aliphatic carbocycles.